The van der Waals surface area contributed by atoms with E-state index < -0.39 is 0 Å². The molecule has 2 aliphatic heterocycles. The van der Waals surface area contributed by atoms with Crippen LogP contribution in [0.25, 0.3) is 0 Å². The van der Waals surface area contributed by atoms with E-state index in [1.807, 2.05) is 41.3 Å². The number of carbonyl (C=O) groups excluding carboxylic acids is 2. The number of hydrogen-bond acceptors (Lipinski definition) is 4. The first-order chi connectivity index (χ1) is 13.1. The second-order valence-corrected chi connectivity index (χ2v) is 7.57. The van der Waals surface area contributed by atoms with Gasteiger partial charge in [-0.1, -0.05) is 37.3 Å². The third kappa shape index (κ3) is 4.67. The van der Waals surface area contributed by atoms with Crippen LogP contribution in [0.1, 0.15) is 37.9 Å². The molecule has 4 atom stereocenters. The van der Waals surface area contributed by atoms with E-state index in [9.17, 15) is 9.59 Å². The van der Waals surface area contributed by atoms with Crippen molar-refractivity contribution in [2.75, 3.05) is 26.2 Å². The minimum atomic E-state index is -0.251. The molecule has 0 bridgehead atoms. The van der Waals surface area contributed by atoms with Crippen LogP contribution in [0.5, 0.6) is 0 Å². The summed E-state index contributed by atoms with van der Waals surface area (Å²) in [5, 5.41) is 11.4. The summed E-state index contributed by atoms with van der Waals surface area (Å²) in [6.07, 6.45) is 1.43. The molecule has 2 amide bonds. The molecule has 1 aromatic carbocycles. The number of nitrogens with one attached hydrogen (secondary N) is 1. The molecule has 6 nitrogen and oxygen atoms in total. The smallest absolute Gasteiger partial charge is 0.234 e. The van der Waals surface area contributed by atoms with Gasteiger partial charge in [-0.2, -0.15) is 5.26 Å². The summed E-state index contributed by atoms with van der Waals surface area (Å²) in [5.74, 6) is 0.285. The Kier molecular flexibility index (Phi) is 6.46. The van der Waals surface area contributed by atoms with E-state index in [4.69, 9.17) is 10.00 Å². The molecule has 0 spiro atoms. The highest BCUT2D eigenvalue weighted by atomic mass is 16.5. The fourth-order valence-corrected chi connectivity index (χ4v) is 4.10. The highest BCUT2D eigenvalue weighted by Crippen LogP contribution is 2.36. The molecular formula is C21H27N3O3. The van der Waals surface area contributed by atoms with Crippen molar-refractivity contribution in [1.82, 2.24) is 10.2 Å². The minimum absolute atomic E-state index is 0.123. The van der Waals surface area contributed by atoms with Crippen molar-refractivity contribution < 1.29 is 14.3 Å². The minimum Gasteiger partial charge on any atom is -0.373 e. The fourth-order valence-electron chi connectivity index (χ4n) is 4.10. The predicted molar refractivity (Wildman–Crippen MR) is 100 cm³/mol. The molecule has 2 aliphatic rings. The maximum absolute atomic E-state index is 13.2. The van der Waals surface area contributed by atoms with Crippen molar-refractivity contribution in [3.05, 3.63) is 35.9 Å². The third-order valence-electron chi connectivity index (χ3n) is 5.65. The zero-order valence-electron chi connectivity index (χ0n) is 15.8. The highest BCUT2D eigenvalue weighted by molar-refractivity contribution is 5.80. The number of likely N-dealkylation sites (tertiary alicyclic amines) is 1. The number of amides is 2. The third-order valence-corrected chi connectivity index (χ3v) is 5.65. The van der Waals surface area contributed by atoms with Gasteiger partial charge in [0.15, 0.2) is 0 Å². The van der Waals surface area contributed by atoms with Crippen molar-refractivity contribution in [2.24, 2.45) is 17.8 Å². The van der Waals surface area contributed by atoms with Gasteiger partial charge < -0.3 is 15.0 Å². The summed E-state index contributed by atoms with van der Waals surface area (Å²) in [5.41, 5.74) is 1.06. The molecule has 0 saturated carbocycles. The molecule has 2 saturated heterocycles. The second kappa shape index (κ2) is 9.01. The average molecular weight is 369 g/mol. The van der Waals surface area contributed by atoms with Crippen molar-refractivity contribution in [3.63, 3.8) is 0 Å². The molecule has 0 aromatic heterocycles. The lowest BCUT2D eigenvalue weighted by Gasteiger charge is -2.33. The van der Waals surface area contributed by atoms with E-state index in [2.05, 4.69) is 12.2 Å². The van der Waals surface area contributed by atoms with Crippen LogP contribution in [-0.2, 0) is 14.3 Å². The van der Waals surface area contributed by atoms with Gasteiger partial charge in [-0.15, -0.1) is 0 Å². The van der Waals surface area contributed by atoms with Gasteiger partial charge in [0.1, 0.15) is 6.42 Å². The number of hydrogen-bond donors (Lipinski definition) is 1. The van der Waals surface area contributed by atoms with Crippen LogP contribution in [0.2, 0.25) is 0 Å². The lowest BCUT2D eigenvalue weighted by molar-refractivity contribution is -0.144. The van der Waals surface area contributed by atoms with Crippen LogP contribution in [0, 0.1) is 29.1 Å². The van der Waals surface area contributed by atoms with Crippen LogP contribution in [0.15, 0.2) is 30.3 Å². The number of nitriles is 1. The molecule has 2 fully saturated rings. The Morgan fingerprint density at radius 3 is 2.81 bits per heavy atom. The van der Waals surface area contributed by atoms with Crippen molar-refractivity contribution in [2.45, 2.75) is 32.3 Å². The molecular weight excluding hydrogens is 342 g/mol. The summed E-state index contributed by atoms with van der Waals surface area (Å²) in [7, 11) is 0. The van der Waals surface area contributed by atoms with Gasteiger partial charge in [-0.25, -0.2) is 0 Å². The Morgan fingerprint density at radius 1 is 1.30 bits per heavy atom. The van der Waals surface area contributed by atoms with Gasteiger partial charge in [0.2, 0.25) is 11.8 Å². The van der Waals surface area contributed by atoms with Crippen LogP contribution in [-0.4, -0.2) is 43.0 Å². The maximum Gasteiger partial charge on any atom is 0.234 e. The molecule has 0 unspecified atom stereocenters. The van der Waals surface area contributed by atoms with E-state index >= 15 is 0 Å². The molecule has 1 aromatic rings. The van der Waals surface area contributed by atoms with Gasteiger partial charge in [-0.3, -0.25) is 9.59 Å². The molecule has 27 heavy (non-hydrogen) atoms. The normalized spacial score (nSPS) is 27.8. The Hall–Kier alpha value is -2.39. The van der Waals surface area contributed by atoms with Gasteiger partial charge in [0.05, 0.1) is 18.1 Å². The summed E-state index contributed by atoms with van der Waals surface area (Å²) in [6, 6.07) is 11.8. The van der Waals surface area contributed by atoms with E-state index in [1.54, 1.807) is 0 Å². The first-order valence-corrected chi connectivity index (χ1v) is 9.69. The van der Waals surface area contributed by atoms with Crippen molar-refractivity contribution >= 4 is 11.8 Å². The lowest BCUT2D eigenvalue weighted by Crippen LogP contribution is -2.40. The van der Waals surface area contributed by atoms with Crippen LogP contribution < -0.4 is 5.32 Å². The zero-order valence-corrected chi connectivity index (χ0v) is 15.8. The summed E-state index contributed by atoms with van der Waals surface area (Å²) < 4.78 is 5.98. The van der Waals surface area contributed by atoms with E-state index in [0.29, 0.717) is 32.2 Å². The summed E-state index contributed by atoms with van der Waals surface area (Å²) >= 11 is 0. The lowest BCUT2D eigenvalue weighted by atomic mass is 9.88. The summed E-state index contributed by atoms with van der Waals surface area (Å²) in [4.78, 5) is 26.7. The van der Waals surface area contributed by atoms with E-state index in [1.165, 1.54) is 0 Å². The Morgan fingerprint density at radius 2 is 2.07 bits per heavy atom. The molecule has 0 radical (unpaired) electrons. The van der Waals surface area contributed by atoms with E-state index in [0.717, 1.165) is 18.4 Å². The maximum atomic E-state index is 13.2. The summed E-state index contributed by atoms with van der Waals surface area (Å²) in [6.45, 7) is 4.66. The SMILES string of the molecule is C[C@@H]1CN(C(=O)[C@@H]2CCCO[C@H]2c2ccccc2)C[C@H]1CNC(=O)CC#N. The molecule has 1 N–H and O–H groups in total. The molecule has 0 aliphatic carbocycles. The first kappa shape index (κ1) is 19.4. The van der Waals surface area contributed by atoms with Crippen LogP contribution in [0.4, 0.5) is 0 Å². The van der Waals surface area contributed by atoms with Gasteiger partial charge in [-0.05, 0) is 30.2 Å². The Balaban J connectivity index is 1.63. The monoisotopic (exact) mass is 369 g/mol. The number of nitrogens with zero attached hydrogens (tertiary/aromatic N) is 2. The highest BCUT2D eigenvalue weighted by Gasteiger charge is 2.40. The topological polar surface area (TPSA) is 82.4 Å². The second-order valence-electron chi connectivity index (χ2n) is 7.57. The number of benzene rings is 1. The largest absolute Gasteiger partial charge is 0.373 e. The predicted octanol–water partition coefficient (Wildman–Crippen LogP) is 2.28. The number of carbonyl (C=O) groups is 2. The van der Waals surface area contributed by atoms with Crippen molar-refractivity contribution in [3.8, 4) is 6.07 Å². The quantitative estimate of drug-likeness (QED) is 0.863. The standard InChI is InChI=1S/C21H27N3O3/c1-15-13-24(14-17(15)12-23-19(25)9-10-22)21(26)18-8-5-11-27-20(18)16-6-3-2-4-7-16/h2-4,6-7,15,17-18,20H,5,8-9,11-14H2,1H3,(H,23,25)/t15-,17-,18-,20+/m1/s1. The van der Waals surface area contributed by atoms with Crippen molar-refractivity contribution in [1.29, 1.82) is 5.26 Å². The average Bonchev–Trinajstić information content (AvgIpc) is 3.07. The zero-order chi connectivity index (χ0) is 19.2. The van der Waals surface area contributed by atoms with Gasteiger partial charge in [0.25, 0.3) is 0 Å². The van der Waals surface area contributed by atoms with Gasteiger partial charge >= 0.3 is 0 Å². The number of ether oxygens (including phenoxy) is 1. The Bertz CT molecular complexity index is 700. The first-order valence-electron chi connectivity index (χ1n) is 9.69. The molecule has 2 heterocycles. The van der Waals surface area contributed by atoms with Crippen LogP contribution in [0.3, 0.4) is 0 Å². The van der Waals surface area contributed by atoms with Gasteiger partial charge in [0, 0.05) is 26.2 Å². The number of rotatable bonds is 5. The fraction of sp³-hybridized carbons (Fsp3) is 0.571. The molecule has 6 heteroatoms. The van der Waals surface area contributed by atoms with E-state index in [-0.39, 0.29) is 36.2 Å². The van der Waals surface area contributed by atoms with Crippen LogP contribution >= 0.6 is 0 Å². The Labute approximate surface area is 160 Å². The molecule has 144 valence electrons. The molecule has 3 rings (SSSR count).